The van der Waals surface area contributed by atoms with E-state index in [1.54, 1.807) is 0 Å². The number of allylic oxidation sites excluding steroid dienone is 2. The molecule has 0 spiro atoms. The number of carbonyl (C=O) groups is 1. The average molecular weight is 384 g/mol. The second-order valence-corrected chi connectivity index (χ2v) is 10.9. The number of rotatable bonds is 1. The van der Waals surface area contributed by atoms with E-state index in [2.05, 4.69) is 31.0 Å². The summed E-state index contributed by atoms with van der Waals surface area (Å²) in [6.45, 7) is 6.98. The van der Waals surface area contributed by atoms with Crippen LogP contribution in [-0.2, 0) is 4.79 Å². The minimum absolute atomic E-state index is 0.140. The summed E-state index contributed by atoms with van der Waals surface area (Å²) in [7, 11) is 0. The van der Waals surface area contributed by atoms with E-state index in [4.69, 9.17) is 0 Å². The van der Waals surface area contributed by atoms with Crippen molar-refractivity contribution in [2.24, 2.45) is 28.6 Å². The van der Waals surface area contributed by atoms with Crippen LogP contribution in [0.15, 0.2) is 23.4 Å². The molecular formula is C25H37NO2. The summed E-state index contributed by atoms with van der Waals surface area (Å²) in [5, 5.41) is 10.2. The van der Waals surface area contributed by atoms with Gasteiger partial charge in [0.25, 0.3) is 0 Å². The highest BCUT2D eigenvalue weighted by Gasteiger charge is 2.59. The Hall–Kier alpha value is -1.09. The van der Waals surface area contributed by atoms with Gasteiger partial charge in [0.2, 0.25) is 0 Å². The number of aliphatic hydroxyl groups is 1. The maximum absolute atomic E-state index is 13.5. The number of aliphatic hydroxyl groups excluding tert-OH is 1. The summed E-state index contributed by atoms with van der Waals surface area (Å²) < 4.78 is 0. The Morgan fingerprint density at radius 1 is 1.04 bits per heavy atom. The van der Waals surface area contributed by atoms with Crippen molar-refractivity contribution in [3.05, 3.63) is 23.4 Å². The molecule has 154 valence electrons. The summed E-state index contributed by atoms with van der Waals surface area (Å²) >= 11 is 0. The van der Waals surface area contributed by atoms with E-state index in [0.29, 0.717) is 23.5 Å². The number of carbonyl (C=O) groups excluding carboxylic acids is 1. The van der Waals surface area contributed by atoms with Gasteiger partial charge in [-0.25, -0.2) is 0 Å². The maximum atomic E-state index is 13.5. The number of Topliss-reactive ketones (excluding diaryl/α,β-unsaturated/α-hetero) is 1. The van der Waals surface area contributed by atoms with E-state index in [1.165, 1.54) is 31.3 Å². The van der Waals surface area contributed by atoms with Crippen LogP contribution in [0.2, 0.25) is 0 Å². The van der Waals surface area contributed by atoms with Crippen molar-refractivity contribution in [1.29, 1.82) is 0 Å². The molecule has 5 aliphatic rings. The number of ketones is 1. The van der Waals surface area contributed by atoms with E-state index in [9.17, 15) is 9.90 Å². The molecule has 0 aromatic carbocycles. The highest BCUT2D eigenvalue weighted by atomic mass is 16.3. The molecule has 0 bridgehead atoms. The molecule has 28 heavy (non-hydrogen) atoms. The summed E-state index contributed by atoms with van der Waals surface area (Å²) in [4.78, 5) is 15.9. The van der Waals surface area contributed by atoms with Crippen molar-refractivity contribution in [1.82, 2.24) is 4.90 Å². The normalized spacial score (nSPS) is 47.4. The van der Waals surface area contributed by atoms with E-state index in [1.807, 2.05) is 0 Å². The van der Waals surface area contributed by atoms with Gasteiger partial charge in [-0.05, 0) is 87.4 Å². The first-order chi connectivity index (χ1) is 13.4. The van der Waals surface area contributed by atoms with E-state index in [0.717, 1.165) is 57.2 Å². The zero-order valence-corrected chi connectivity index (χ0v) is 17.8. The molecule has 3 saturated carbocycles. The first kappa shape index (κ1) is 18.9. The first-order valence-electron chi connectivity index (χ1n) is 11.8. The lowest BCUT2D eigenvalue weighted by Crippen LogP contribution is -2.50. The number of piperidine rings is 1. The third kappa shape index (κ3) is 2.75. The lowest BCUT2D eigenvalue weighted by molar-refractivity contribution is -0.130. The van der Waals surface area contributed by atoms with E-state index >= 15 is 0 Å². The Kier molecular flexibility index (Phi) is 4.54. The maximum Gasteiger partial charge on any atom is 0.166 e. The summed E-state index contributed by atoms with van der Waals surface area (Å²) in [6, 6.07) is 0. The van der Waals surface area contributed by atoms with E-state index in [-0.39, 0.29) is 16.9 Å². The highest BCUT2D eigenvalue weighted by molar-refractivity contribution is 6.02. The third-order valence-corrected chi connectivity index (χ3v) is 9.45. The molecule has 0 aromatic heterocycles. The van der Waals surface area contributed by atoms with Crippen LogP contribution in [-0.4, -0.2) is 35.0 Å². The standard InChI is InChI=1S/C25H37NO2/c1-24-10-8-19(27)15-18(24)6-7-20-21(24)9-11-25(2)22(20)14-17(23(25)28)16-26-12-4-3-5-13-26/h6,16,19-22,27H,3-5,7-15H2,1-2H3/b17-16+/t19-,20-,21+,22+,24+,25+/m1/s1. The molecule has 0 unspecified atom stereocenters. The van der Waals surface area contributed by atoms with Crippen LogP contribution < -0.4 is 0 Å². The molecule has 0 radical (unpaired) electrons. The number of hydrogen-bond donors (Lipinski definition) is 1. The molecule has 6 atom stereocenters. The van der Waals surface area contributed by atoms with Gasteiger partial charge in [-0.3, -0.25) is 4.79 Å². The molecule has 0 aromatic rings. The first-order valence-corrected chi connectivity index (χ1v) is 11.8. The van der Waals surface area contributed by atoms with E-state index < -0.39 is 0 Å². The van der Waals surface area contributed by atoms with Crippen LogP contribution in [0.3, 0.4) is 0 Å². The monoisotopic (exact) mass is 383 g/mol. The van der Waals surface area contributed by atoms with Gasteiger partial charge in [0, 0.05) is 30.3 Å². The molecular weight excluding hydrogens is 346 g/mol. The zero-order chi connectivity index (χ0) is 19.5. The molecule has 1 saturated heterocycles. The Morgan fingerprint density at radius 2 is 1.79 bits per heavy atom. The molecule has 3 nitrogen and oxygen atoms in total. The number of fused-ring (bicyclic) bond motifs is 5. The third-order valence-electron chi connectivity index (χ3n) is 9.45. The lowest BCUT2D eigenvalue weighted by atomic mass is 9.48. The van der Waals surface area contributed by atoms with Gasteiger partial charge in [-0.2, -0.15) is 0 Å². The van der Waals surface area contributed by atoms with Gasteiger partial charge in [0.05, 0.1) is 6.10 Å². The van der Waals surface area contributed by atoms with Crippen LogP contribution in [0.5, 0.6) is 0 Å². The van der Waals surface area contributed by atoms with Gasteiger partial charge in [-0.15, -0.1) is 0 Å². The Morgan fingerprint density at radius 3 is 2.57 bits per heavy atom. The Labute approximate surface area is 170 Å². The van der Waals surface area contributed by atoms with Crippen molar-refractivity contribution in [2.75, 3.05) is 13.1 Å². The number of nitrogens with zero attached hydrogens (tertiary/aromatic N) is 1. The zero-order valence-electron chi connectivity index (χ0n) is 17.8. The van der Waals surface area contributed by atoms with Crippen molar-refractivity contribution in [2.45, 2.75) is 84.2 Å². The number of likely N-dealkylation sites (tertiary alicyclic amines) is 1. The van der Waals surface area contributed by atoms with Gasteiger partial charge in [0.15, 0.2) is 5.78 Å². The Balaban J connectivity index is 1.43. The van der Waals surface area contributed by atoms with Crippen molar-refractivity contribution >= 4 is 5.78 Å². The van der Waals surface area contributed by atoms with Crippen molar-refractivity contribution in [3.63, 3.8) is 0 Å². The average Bonchev–Trinajstić information content (AvgIpc) is 2.94. The topological polar surface area (TPSA) is 40.5 Å². The summed E-state index contributed by atoms with van der Waals surface area (Å²) in [6.07, 6.45) is 15.7. The molecule has 5 rings (SSSR count). The molecule has 0 amide bonds. The quantitative estimate of drug-likeness (QED) is 0.519. The van der Waals surface area contributed by atoms with Crippen LogP contribution in [0.1, 0.15) is 78.1 Å². The van der Waals surface area contributed by atoms with Crippen LogP contribution in [0, 0.1) is 28.6 Å². The van der Waals surface area contributed by atoms with Gasteiger partial charge in [0.1, 0.15) is 0 Å². The predicted octanol–water partition coefficient (Wildman–Crippen LogP) is 4.86. The van der Waals surface area contributed by atoms with Crippen LogP contribution in [0.4, 0.5) is 0 Å². The van der Waals surface area contributed by atoms with Gasteiger partial charge >= 0.3 is 0 Å². The fraction of sp³-hybridized carbons (Fsp3) is 0.800. The molecule has 3 heteroatoms. The molecule has 4 aliphatic carbocycles. The molecule has 1 heterocycles. The smallest absolute Gasteiger partial charge is 0.166 e. The SMILES string of the molecule is C[C@]12CC[C@@H](O)CC1=CC[C@@H]1[C@@H]2CC[C@]2(C)C(=O)/C(=C/N3CCCCC3)C[C@@H]12. The molecule has 1 N–H and O–H groups in total. The largest absolute Gasteiger partial charge is 0.393 e. The minimum atomic E-state index is -0.142. The second kappa shape index (κ2) is 6.72. The van der Waals surface area contributed by atoms with Gasteiger partial charge in [-0.1, -0.05) is 25.5 Å². The molecule has 1 aliphatic heterocycles. The van der Waals surface area contributed by atoms with Crippen molar-refractivity contribution < 1.29 is 9.90 Å². The molecule has 4 fully saturated rings. The van der Waals surface area contributed by atoms with Crippen LogP contribution >= 0.6 is 0 Å². The fourth-order valence-corrected chi connectivity index (χ4v) is 7.70. The predicted molar refractivity (Wildman–Crippen MR) is 112 cm³/mol. The fourth-order valence-electron chi connectivity index (χ4n) is 7.70. The lowest BCUT2D eigenvalue weighted by Gasteiger charge is -2.56. The highest BCUT2D eigenvalue weighted by Crippen LogP contribution is 2.64. The minimum Gasteiger partial charge on any atom is -0.393 e. The summed E-state index contributed by atoms with van der Waals surface area (Å²) in [5.74, 6) is 2.30. The summed E-state index contributed by atoms with van der Waals surface area (Å²) in [5.41, 5.74) is 2.75. The number of hydrogen-bond acceptors (Lipinski definition) is 3. The van der Waals surface area contributed by atoms with Crippen LogP contribution in [0.25, 0.3) is 0 Å². The Bertz CT molecular complexity index is 718. The second-order valence-electron chi connectivity index (χ2n) is 10.9. The van der Waals surface area contributed by atoms with Crippen molar-refractivity contribution in [3.8, 4) is 0 Å². The van der Waals surface area contributed by atoms with Gasteiger partial charge < -0.3 is 10.0 Å².